The van der Waals surface area contributed by atoms with Gasteiger partial charge in [0.1, 0.15) is 11.5 Å². The van der Waals surface area contributed by atoms with Crippen LogP contribution < -0.4 is 10.9 Å². The van der Waals surface area contributed by atoms with Crippen molar-refractivity contribution in [3.05, 3.63) is 23.2 Å². The minimum Gasteiger partial charge on any atom is -0.466 e. The lowest BCUT2D eigenvalue weighted by Crippen LogP contribution is -2.41. The number of rotatable bonds is 5. The molecule has 1 heterocycles. The number of carbonyl (C=O) groups is 2. The van der Waals surface area contributed by atoms with Crippen LogP contribution in [0.1, 0.15) is 54.5 Å². The van der Waals surface area contributed by atoms with E-state index in [1.807, 2.05) is 0 Å². The van der Waals surface area contributed by atoms with Crippen molar-refractivity contribution in [1.82, 2.24) is 10.9 Å². The van der Waals surface area contributed by atoms with Gasteiger partial charge in [-0.05, 0) is 26.3 Å². The molecule has 5 nitrogen and oxygen atoms in total. The summed E-state index contributed by atoms with van der Waals surface area (Å²) in [5.41, 5.74) is 5.22. The van der Waals surface area contributed by atoms with Crippen LogP contribution in [0, 0.1) is 13.8 Å². The molecule has 0 aliphatic heterocycles. The average Bonchev–Trinajstić information content (AvgIpc) is 2.66. The van der Waals surface area contributed by atoms with E-state index in [-0.39, 0.29) is 11.8 Å². The van der Waals surface area contributed by atoms with Crippen LogP contribution in [0.3, 0.4) is 0 Å². The molecule has 0 aliphatic carbocycles. The van der Waals surface area contributed by atoms with Crippen LogP contribution >= 0.6 is 0 Å². The van der Waals surface area contributed by atoms with E-state index in [1.54, 1.807) is 19.9 Å². The molecule has 0 aliphatic rings. The first kappa shape index (κ1) is 14.3. The highest BCUT2D eigenvalue weighted by Crippen LogP contribution is 2.12. The summed E-state index contributed by atoms with van der Waals surface area (Å²) >= 11 is 0. The molecule has 0 aromatic carbocycles. The molecule has 100 valence electrons. The maximum atomic E-state index is 11.7. The minimum absolute atomic E-state index is 0.172. The Labute approximate surface area is 107 Å². The normalized spacial score (nSPS) is 10.2. The van der Waals surface area contributed by atoms with E-state index in [0.717, 1.165) is 19.3 Å². The van der Waals surface area contributed by atoms with Gasteiger partial charge in [0, 0.05) is 6.42 Å². The quantitative estimate of drug-likeness (QED) is 0.623. The summed E-state index contributed by atoms with van der Waals surface area (Å²) in [4.78, 5) is 23.1. The number of hydrazine groups is 1. The highest BCUT2D eigenvalue weighted by molar-refractivity contribution is 5.96. The van der Waals surface area contributed by atoms with Crippen molar-refractivity contribution in [2.45, 2.75) is 46.5 Å². The maximum absolute atomic E-state index is 11.7. The number of hydrogen-bond donors (Lipinski definition) is 2. The van der Waals surface area contributed by atoms with Crippen molar-refractivity contribution in [2.75, 3.05) is 0 Å². The molecule has 18 heavy (non-hydrogen) atoms. The van der Waals surface area contributed by atoms with Crippen LogP contribution in [-0.2, 0) is 4.79 Å². The second-order valence-corrected chi connectivity index (χ2v) is 4.29. The van der Waals surface area contributed by atoms with Gasteiger partial charge >= 0.3 is 0 Å². The molecular formula is C13H20N2O3. The Morgan fingerprint density at radius 3 is 2.50 bits per heavy atom. The number of aryl methyl sites for hydroxylation is 2. The first-order valence-electron chi connectivity index (χ1n) is 6.20. The Morgan fingerprint density at radius 1 is 1.22 bits per heavy atom. The predicted octanol–water partition coefficient (Wildman–Crippen LogP) is 2.24. The van der Waals surface area contributed by atoms with Gasteiger partial charge in [0.15, 0.2) is 0 Å². The van der Waals surface area contributed by atoms with Gasteiger partial charge in [-0.15, -0.1) is 0 Å². The third-order valence-electron chi connectivity index (χ3n) is 2.61. The summed E-state index contributed by atoms with van der Waals surface area (Å²) in [6, 6.07) is 1.65. The van der Waals surface area contributed by atoms with Crippen LogP contribution in [0.5, 0.6) is 0 Å². The largest absolute Gasteiger partial charge is 0.466 e. The lowest BCUT2D eigenvalue weighted by atomic mass is 10.2. The zero-order valence-electron chi connectivity index (χ0n) is 11.1. The van der Waals surface area contributed by atoms with Crippen LogP contribution in [0.25, 0.3) is 0 Å². The van der Waals surface area contributed by atoms with Gasteiger partial charge in [0.2, 0.25) is 5.91 Å². The van der Waals surface area contributed by atoms with E-state index >= 15 is 0 Å². The molecule has 0 bridgehead atoms. The van der Waals surface area contributed by atoms with E-state index in [2.05, 4.69) is 17.8 Å². The molecule has 0 fully saturated rings. The lowest BCUT2D eigenvalue weighted by Gasteiger charge is -2.06. The van der Waals surface area contributed by atoms with E-state index in [9.17, 15) is 9.59 Å². The van der Waals surface area contributed by atoms with Crippen LogP contribution in [0.2, 0.25) is 0 Å². The maximum Gasteiger partial charge on any atom is 0.273 e. The fourth-order valence-corrected chi connectivity index (χ4v) is 1.65. The van der Waals surface area contributed by atoms with Crippen molar-refractivity contribution in [2.24, 2.45) is 0 Å². The van der Waals surface area contributed by atoms with Crippen molar-refractivity contribution >= 4 is 11.8 Å². The van der Waals surface area contributed by atoms with Crippen LogP contribution in [-0.4, -0.2) is 11.8 Å². The van der Waals surface area contributed by atoms with Crippen LogP contribution in [0.4, 0.5) is 0 Å². The van der Waals surface area contributed by atoms with Crippen molar-refractivity contribution < 1.29 is 14.0 Å². The van der Waals surface area contributed by atoms with Gasteiger partial charge in [0.25, 0.3) is 5.91 Å². The average molecular weight is 252 g/mol. The third-order valence-corrected chi connectivity index (χ3v) is 2.61. The lowest BCUT2D eigenvalue weighted by molar-refractivity contribution is -0.121. The van der Waals surface area contributed by atoms with Crippen LogP contribution in [0.15, 0.2) is 10.5 Å². The summed E-state index contributed by atoms with van der Waals surface area (Å²) in [5, 5.41) is 0. The molecule has 0 spiro atoms. The summed E-state index contributed by atoms with van der Waals surface area (Å²) in [7, 11) is 0. The number of hydrogen-bond acceptors (Lipinski definition) is 3. The number of carbonyl (C=O) groups excluding carboxylic acids is 2. The smallest absolute Gasteiger partial charge is 0.273 e. The van der Waals surface area contributed by atoms with Crippen molar-refractivity contribution in [3.8, 4) is 0 Å². The summed E-state index contributed by atoms with van der Waals surface area (Å²) in [5.74, 6) is 0.694. The van der Waals surface area contributed by atoms with Gasteiger partial charge < -0.3 is 4.42 Å². The Balaban J connectivity index is 2.37. The summed E-state index contributed by atoms with van der Waals surface area (Å²) < 4.78 is 5.25. The molecule has 0 saturated carbocycles. The summed E-state index contributed by atoms with van der Waals surface area (Å²) in [6.45, 7) is 5.56. The second kappa shape index (κ2) is 6.83. The minimum atomic E-state index is -0.354. The molecule has 2 N–H and O–H groups in total. The first-order chi connectivity index (χ1) is 8.54. The topological polar surface area (TPSA) is 71.3 Å². The fourth-order valence-electron chi connectivity index (χ4n) is 1.65. The number of nitrogens with one attached hydrogen (secondary N) is 2. The molecule has 2 amide bonds. The van der Waals surface area contributed by atoms with Crippen molar-refractivity contribution in [1.29, 1.82) is 0 Å². The highest BCUT2D eigenvalue weighted by atomic mass is 16.3. The molecule has 0 atom stereocenters. The zero-order chi connectivity index (χ0) is 13.5. The standard InChI is InChI=1S/C13H20N2O3/c1-4-5-6-7-12(16)14-15-13(17)11-8-9(2)18-10(11)3/h8H,4-7H2,1-3H3,(H,14,16)(H,15,17). The van der Waals surface area contributed by atoms with Crippen molar-refractivity contribution in [3.63, 3.8) is 0 Å². The molecular weight excluding hydrogens is 232 g/mol. The number of furan rings is 1. The Kier molecular flexibility index (Phi) is 5.42. The number of amides is 2. The zero-order valence-corrected chi connectivity index (χ0v) is 11.1. The molecule has 0 radical (unpaired) electrons. The molecule has 0 saturated heterocycles. The van der Waals surface area contributed by atoms with Gasteiger partial charge in [-0.1, -0.05) is 19.8 Å². The van der Waals surface area contributed by atoms with E-state index in [1.165, 1.54) is 0 Å². The molecule has 1 aromatic rings. The van der Waals surface area contributed by atoms with Gasteiger partial charge in [-0.3, -0.25) is 20.4 Å². The van der Waals surface area contributed by atoms with E-state index < -0.39 is 0 Å². The molecule has 0 unspecified atom stereocenters. The van der Waals surface area contributed by atoms with Gasteiger partial charge in [-0.25, -0.2) is 0 Å². The molecule has 5 heteroatoms. The van der Waals surface area contributed by atoms with E-state index in [4.69, 9.17) is 4.42 Å². The first-order valence-corrected chi connectivity index (χ1v) is 6.20. The fraction of sp³-hybridized carbons (Fsp3) is 0.538. The second-order valence-electron chi connectivity index (χ2n) is 4.29. The van der Waals surface area contributed by atoms with Gasteiger partial charge in [0.05, 0.1) is 5.56 Å². The van der Waals surface area contributed by atoms with E-state index in [0.29, 0.717) is 23.5 Å². The molecule has 1 rings (SSSR count). The molecule has 1 aromatic heterocycles. The Hall–Kier alpha value is -1.78. The Bertz CT molecular complexity index is 424. The summed E-state index contributed by atoms with van der Waals surface area (Å²) in [6.07, 6.45) is 3.34. The Morgan fingerprint density at radius 2 is 1.94 bits per heavy atom. The third kappa shape index (κ3) is 4.24. The highest BCUT2D eigenvalue weighted by Gasteiger charge is 2.13. The SMILES string of the molecule is CCCCCC(=O)NNC(=O)c1cc(C)oc1C. The monoisotopic (exact) mass is 252 g/mol. The number of unbranched alkanes of at least 4 members (excludes halogenated alkanes) is 2. The predicted molar refractivity (Wildman–Crippen MR) is 67.9 cm³/mol. The van der Waals surface area contributed by atoms with Gasteiger partial charge in [-0.2, -0.15) is 0 Å².